The lowest BCUT2D eigenvalue weighted by Crippen LogP contribution is -2.25. The fraction of sp³-hybridized carbons (Fsp3) is 0.250. The third kappa shape index (κ3) is 7.33. The Balaban J connectivity index is 0.000000191. The smallest absolute Gasteiger partial charge is 0.373 e. The minimum absolute atomic E-state index is 0.0366. The number of carboxylic acids is 1. The van der Waals surface area contributed by atoms with Crippen LogP contribution < -0.4 is 21.6 Å². The molecule has 3 heterocycles. The predicted octanol–water partition coefficient (Wildman–Crippen LogP) is 2.94. The average molecular weight is 563 g/mol. The predicted molar refractivity (Wildman–Crippen MR) is 149 cm³/mol. The van der Waals surface area contributed by atoms with Crippen molar-refractivity contribution in [3.05, 3.63) is 89.4 Å². The average Bonchev–Trinajstić information content (AvgIpc) is 3.72. The van der Waals surface area contributed by atoms with Gasteiger partial charge in [0.1, 0.15) is 5.65 Å². The molecule has 1 aromatic carbocycles. The Morgan fingerprint density at radius 3 is 2.59 bits per heavy atom. The first-order chi connectivity index (χ1) is 19.7. The zero-order chi connectivity index (χ0) is 29.5. The van der Waals surface area contributed by atoms with E-state index in [1.807, 2.05) is 13.1 Å². The molecule has 214 valence electrons. The van der Waals surface area contributed by atoms with Crippen LogP contribution in [-0.2, 0) is 17.9 Å². The van der Waals surface area contributed by atoms with Gasteiger partial charge in [-0.2, -0.15) is 0 Å². The molecule has 6 N–H and O–H groups in total. The van der Waals surface area contributed by atoms with Crippen LogP contribution >= 0.6 is 0 Å². The van der Waals surface area contributed by atoms with Crippen LogP contribution in [0.1, 0.15) is 53.1 Å². The van der Waals surface area contributed by atoms with Crippen LogP contribution in [0.15, 0.2) is 60.9 Å². The number of hydrogen-bond acceptors (Lipinski definition) is 9. The van der Waals surface area contributed by atoms with Crippen LogP contribution in [0.3, 0.4) is 0 Å². The summed E-state index contributed by atoms with van der Waals surface area (Å²) in [6, 6.07) is 7.26. The fourth-order valence-electron chi connectivity index (χ4n) is 4.21. The van der Waals surface area contributed by atoms with E-state index >= 15 is 0 Å². The Morgan fingerprint density at radius 2 is 1.98 bits per heavy atom. The SMILES string of the molecule is C/C(N)=C/N(N)Cc1cn2cc(C3CC3)ccc2n1.COc1ccc(-c2cnc(C(=O)O)nc2)c(CNC=O)c1F. The molecule has 13 heteroatoms. The Labute approximate surface area is 235 Å². The minimum Gasteiger partial charge on any atom is -0.494 e. The molecule has 3 aromatic heterocycles. The van der Waals surface area contributed by atoms with Crippen molar-refractivity contribution in [1.82, 2.24) is 29.7 Å². The van der Waals surface area contributed by atoms with E-state index in [1.54, 1.807) is 17.3 Å². The topological polar surface area (TPSA) is 174 Å². The van der Waals surface area contributed by atoms with Gasteiger partial charge in [0.2, 0.25) is 12.2 Å². The second kappa shape index (κ2) is 12.9. The summed E-state index contributed by atoms with van der Waals surface area (Å²) in [6.45, 7) is 2.31. The molecule has 0 atom stereocenters. The minimum atomic E-state index is -1.25. The van der Waals surface area contributed by atoms with Crippen molar-refractivity contribution in [2.75, 3.05) is 7.11 Å². The summed E-state index contributed by atoms with van der Waals surface area (Å²) in [7, 11) is 1.33. The number of benzene rings is 1. The number of nitrogens with two attached hydrogens (primary N) is 2. The van der Waals surface area contributed by atoms with Gasteiger partial charge in [-0.15, -0.1) is 0 Å². The molecular formula is C28H31FN8O4. The lowest BCUT2D eigenvalue weighted by molar-refractivity contribution is -0.109. The second-order valence-electron chi connectivity index (χ2n) is 9.49. The van der Waals surface area contributed by atoms with Gasteiger partial charge >= 0.3 is 5.97 Å². The number of nitrogens with zero attached hydrogens (tertiary/aromatic N) is 5. The van der Waals surface area contributed by atoms with Gasteiger partial charge in [-0.25, -0.2) is 30.0 Å². The summed E-state index contributed by atoms with van der Waals surface area (Å²) < 4.78 is 21.3. The number of hydrogen-bond donors (Lipinski definition) is 4. The van der Waals surface area contributed by atoms with Crippen molar-refractivity contribution in [3.63, 3.8) is 0 Å². The molecule has 0 saturated heterocycles. The van der Waals surface area contributed by atoms with E-state index in [1.165, 1.54) is 44.0 Å². The summed E-state index contributed by atoms with van der Waals surface area (Å²) in [5.74, 6) is 4.41. The van der Waals surface area contributed by atoms with Crippen LogP contribution in [-0.4, -0.2) is 49.0 Å². The lowest BCUT2D eigenvalue weighted by atomic mass is 10.0. The van der Waals surface area contributed by atoms with E-state index in [-0.39, 0.29) is 23.7 Å². The molecule has 1 saturated carbocycles. The first-order valence-corrected chi connectivity index (χ1v) is 12.7. The maximum atomic E-state index is 14.3. The normalized spacial score (nSPS) is 12.8. The summed E-state index contributed by atoms with van der Waals surface area (Å²) in [6.07, 6.45) is 11.5. The van der Waals surface area contributed by atoms with Gasteiger partial charge in [0.05, 0.1) is 19.3 Å². The molecule has 0 spiro atoms. The molecule has 12 nitrogen and oxygen atoms in total. The van der Waals surface area contributed by atoms with Gasteiger partial charge in [0, 0.05) is 54.4 Å². The first kappa shape index (κ1) is 29.0. The molecule has 5 rings (SSSR count). The van der Waals surface area contributed by atoms with Crippen LogP contribution in [0.5, 0.6) is 5.75 Å². The number of imidazole rings is 1. The molecular weight excluding hydrogens is 531 g/mol. The number of allylic oxidation sites excluding steroid dienone is 1. The molecule has 1 fully saturated rings. The van der Waals surface area contributed by atoms with Gasteiger partial charge < -0.3 is 30.3 Å². The van der Waals surface area contributed by atoms with Crippen molar-refractivity contribution in [2.24, 2.45) is 11.6 Å². The molecule has 0 bridgehead atoms. The zero-order valence-electron chi connectivity index (χ0n) is 22.6. The van der Waals surface area contributed by atoms with Gasteiger partial charge in [-0.1, -0.05) is 12.1 Å². The number of carboxylic acid groups (broad SMARTS) is 1. The van der Waals surface area contributed by atoms with E-state index in [9.17, 15) is 14.0 Å². The molecule has 1 aliphatic carbocycles. The number of aromatic nitrogens is 4. The number of halogens is 1. The number of ether oxygens (including phenoxy) is 1. The Bertz CT molecular complexity index is 1560. The quantitative estimate of drug-likeness (QED) is 0.128. The Hall–Kier alpha value is -5.04. The third-order valence-electron chi connectivity index (χ3n) is 6.23. The van der Waals surface area contributed by atoms with Gasteiger partial charge in [0.25, 0.3) is 0 Å². The van der Waals surface area contributed by atoms with E-state index in [2.05, 4.69) is 43.0 Å². The number of pyridine rings is 1. The maximum absolute atomic E-state index is 14.3. The summed E-state index contributed by atoms with van der Waals surface area (Å²) in [4.78, 5) is 33.1. The molecule has 0 radical (unpaired) electrons. The number of nitrogens with one attached hydrogen (secondary N) is 1. The van der Waals surface area contributed by atoms with Crippen LogP contribution in [0.2, 0.25) is 0 Å². The van der Waals surface area contributed by atoms with E-state index in [0.717, 1.165) is 17.3 Å². The summed E-state index contributed by atoms with van der Waals surface area (Å²) in [5.41, 5.74) is 10.6. The Kier molecular flexibility index (Phi) is 9.09. The molecule has 0 aliphatic heterocycles. The zero-order valence-corrected chi connectivity index (χ0v) is 22.6. The first-order valence-electron chi connectivity index (χ1n) is 12.7. The number of rotatable bonds is 10. The van der Waals surface area contributed by atoms with Crippen molar-refractivity contribution in [3.8, 4) is 16.9 Å². The number of fused-ring (bicyclic) bond motifs is 1. The number of hydrazine groups is 1. The van der Waals surface area contributed by atoms with Crippen molar-refractivity contribution in [2.45, 2.75) is 38.8 Å². The van der Waals surface area contributed by atoms with Gasteiger partial charge in [-0.3, -0.25) is 4.79 Å². The van der Waals surface area contributed by atoms with Crippen LogP contribution in [0, 0.1) is 5.82 Å². The summed E-state index contributed by atoms with van der Waals surface area (Å²) in [5, 5.41) is 12.7. The molecule has 4 aromatic rings. The largest absolute Gasteiger partial charge is 0.494 e. The van der Waals surface area contributed by atoms with E-state index in [4.69, 9.17) is 21.4 Å². The van der Waals surface area contributed by atoms with Gasteiger partial charge in [0.15, 0.2) is 11.6 Å². The molecule has 41 heavy (non-hydrogen) atoms. The van der Waals surface area contributed by atoms with Crippen molar-refractivity contribution >= 4 is 18.0 Å². The fourth-order valence-corrected chi connectivity index (χ4v) is 4.21. The number of carbonyl (C=O) groups is 2. The second-order valence-corrected chi connectivity index (χ2v) is 9.49. The molecule has 0 unspecified atom stereocenters. The van der Waals surface area contributed by atoms with Crippen LogP contribution in [0.25, 0.3) is 16.8 Å². The highest BCUT2D eigenvalue weighted by Crippen LogP contribution is 2.39. The molecule has 1 aliphatic rings. The highest BCUT2D eigenvalue weighted by Gasteiger charge is 2.23. The number of aromatic carboxylic acids is 1. The van der Waals surface area contributed by atoms with E-state index in [0.29, 0.717) is 29.8 Å². The van der Waals surface area contributed by atoms with Crippen molar-refractivity contribution < 1.29 is 23.8 Å². The highest BCUT2D eigenvalue weighted by molar-refractivity contribution is 5.83. The highest BCUT2D eigenvalue weighted by atomic mass is 19.1. The number of methoxy groups -OCH3 is 1. The van der Waals surface area contributed by atoms with Crippen molar-refractivity contribution in [1.29, 1.82) is 0 Å². The standard InChI is InChI=1S/C14H12FN3O4.C14H19N5/c1-22-11-3-2-9(10(12(11)15)6-16-7-19)8-4-17-13(14(20)21)18-5-8;1-10(15)6-19(16)9-13-8-18-7-12(11-2-3-11)4-5-14(18)17-13/h2-5,7H,6H2,1H3,(H,16,19)(H,20,21);4-8,11H,2-3,9,15-16H2,1H3/b;10-6-. The Morgan fingerprint density at radius 1 is 1.24 bits per heavy atom. The number of carbonyl (C=O) groups excluding carboxylic acids is 1. The van der Waals surface area contributed by atoms with E-state index < -0.39 is 11.8 Å². The van der Waals surface area contributed by atoms with Crippen LogP contribution in [0.4, 0.5) is 4.39 Å². The number of amides is 1. The molecule has 1 amide bonds. The van der Waals surface area contributed by atoms with Gasteiger partial charge in [-0.05, 0) is 48.9 Å². The monoisotopic (exact) mass is 562 g/mol. The summed E-state index contributed by atoms with van der Waals surface area (Å²) >= 11 is 0. The maximum Gasteiger partial charge on any atom is 0.373 e. The third-order valence-corrected chi connectivity index (χ3v) is 6.23. The lowest BCUT2D eigenvalue weighted by Gasteiger charge is -2.13.